The van der Waals surface area contributed by atoms with E-state index in [0.717, 1.165) is 22.8 Å². The Morgan fingerprint density at radius 3 is 3.15 bits per heavy atom. The van der Waals surface area contributed by atoms with Crippen LogP contribution >= 0.6 is 11.3 Å². The molecule has 0 aromatic carbocycles. The van der Waals surface area contributed by atoms with Gasteiger partial charge in [-0.3, -0.25) is 0 Å². The van der Waals surface area contributed by atoms with Gasteiger partial charge in [0.15, 0.2) is 5.65 Å². The highest BCUT2D eigenvalue weighted by Crippen LogP contribution is 2.38. The van der Waals surface area contributed by atoms with Gasteiger partial charge in [-0.1, -0.05) is 0 Å². The topological polar surface area (TPSA) is 53.6 Å². The summed E-state index contributed by atoms with van der Waals surface area (Å²) < 4.78 is 0. The molecule has 0 saturated carbocycles. The normalized spacial score (nSPS) is 18.1. The highest BCUT2D eigenvalue weighted by molar-refractivity contribution is 7.10. The van der Waals surface area contributed by atoms with Gasteiger partial charge in [0.2, 0.25) is 0 Å². The molecule has 0 fully saturated rings. The van der Waals surface area contributed by atoms with Crippen LogP contribution in [0.2, 0.25) is 0 Å². The Kier molecular flexibility index (Phi) is 2.73. The molecule has 4 nitrogen and oxygen atoms in total. The second kappa shape index (κ2) is 4.59. The van der Waals surface area contributed by atoms with Gasteiger partial charge in [-0.05, 0) is 48.4 Å². The van der Waals surface area contributed by atoms with Crippen LogP contribution in [-0.4, -0.2) is 22.0 Å². The van der Waals surface area contributed by atoms with E-state index in [9.17, 15) is 0 Å². The summed E-state index contributed by atoms with van der Waals surface area (Å²) in [6, 6.07) is 6.27. The molecule has 0 amide bonds. The fourth-order valence-electron chi connectivity index (χ4n) is 2.99. The maximum atomic E-state index is 4.72. The van der Waals surface area contributed by atoms with Crippen LogP contribution in [-0.2, 0) is 6.42 Å². The zero-order valence-corrected chi connectivity index (χ0v) is 12.1. The van der Waals surface area contributed by atoms with Crippen molar-refractivity contribution in [3.8, 4) is 0 Å². The Morgan fingerprint density at radius 1 is 1.30 bits per heavy atom. The predicted molar refractivity (Wildman–Crippen MR) is 82.5 cm³/mol. The highest BCUT2D eigenvalue weighted by Gasteiger charge is 2.25. The van der Waals surface area contributed by atoms with Gasteiger partial charge >= 0.3 is 0 Å². The molecule has 3 aromatic heterocycles. The Balaban J connectivity index is 1.80. The molecule has 0 spiro atoms. The van der Waals surface area contributed by atoms with Crippen molar-refractivity contribution in [3.05, 3.63) is 39.8 Å². The van der Waals surface area contributed by atoms with Crippen molar-refractivity contribution >= 4 is 28.3 Å². The maximum absolute atomic E-state index is 4.72. The molecule has 1 atom stereocenters. The number of rotatable bonds is 2. The molecule has 2 N–H and O–H groups in total. The van der Waals surface area contributed by atoms with Crippen LogP contribution in [0.5, 0.6) is 0 Å². The van der Waals surface area contributed by atoms with Crippen LogP contribution in [0.3, 0.4) is 0 Å². The first-order valence-corrected chi connectivity index (χ1v) is 7.84. The molecule has 0 radical (unpaired) electrons. The smallest absolute Gasteiger partial charge is 0.179 e. The molecule has 0 aliphatic heterocycles. The third-order valence-electron chi connectivity index (χ3n) is 4.00. The molecule has 0 saturated heterocycles. The number of pyridine rings is 1. The summed E-state index contributed by atoms with van der Waals surface area (Å²) in [5.74, 6) is 2.31. The van der Waals surface area contributed by atoms with Crippen LogP contribution in [0.1, 0.15) is 35.0 Å². The number of hydrogen-bond acceptors (Lipinski definition) is 4. The van der Waals surface area contributed by atoms with Crippen molar-refractivity contribution in [2.75, 3.05) is 12.4 Å². The number of H-pyrrole nitrogens is 1. The van der Waals surface area contributed by atoms with Gasteiger partial charge in [-0.15, -0.1) is 11.3 Å². The van der Waals surface area contributed by atoms with E-state index < -0.39 is 0 Å². The Hall–Kier alpha value is -1.88. The minimum atomic E-state index is 0.400. The van der Waals surface area contributed by atoms with E-state index in [4.69, 9.17) is 4.98 Å². The molecule has 1 aliphatic carbocycles. The number of aromatic nitrogens is 3. The van der Waals surface area contributed by atoms with Crippen LogP contribution < -0.4 is 5.32 Å². The van der Waals surface area contributed by atoms with Crippen LogP contribution in [0.15, 0.2) is 23.6 Å². The minimum absolute atomic E-state index is 0.400. The molecule has 1 unspecified atom stereocenters. The average molecular weight is 284 g/mol. The highest BCUT2D eigenvalue weighted by atomic mass is 32.1. The van der Waals surface area contributed by atoms with Gasteiger partial charge in [0.25, 0.3) is 0 Å². The Morgan fingerprint density at radius 2 is 2.25 bits per heavy atom. The van der Waals surface area contributed by atoms with Gasteiger partial charge in [-0.25, -0.2) is 9.97 Å². The van der Waals surface area contributed by atoms with Crippen LogP contribution in [0.25, 0.3) is 11.2 Å². The van der Waals surface area contributed by atoms with Gasteiger partial charge < -0.3 is 10.3 Å². The van der Waals surface area contributed by atoms with Gasteiger partial charge in [-0.2, -0.15) is 0 Å². The molecule has 4 rings (SSSR count). The molecule has 102 valence electrons. The summed E-state index contributed by atoms with van der Waals surface area (Å²) in [4.78, 5) is 14.2. The summed E-state index contributed by atoms with van der Waals surface area (Å²) in [7, 11) is 1.88. The molecule has 3 aromatic rings. The lowest BCUT2D eigenvalue weighted by atomic mass is 9.87. The molecular weight excluding hydrogens is 268 g/mol. The number of hydrogen-bond donors (Lipinski definition) is 2. The number of aromatic amines is 1. The summed E-state index contributed by atoms with van der Waals surface area (Å²) in [6.07, 6.45) is 3.62. The first-order chi connectivity index (χ1) is 9.85. The Bertz CT molecular complexity index is 758. The van der Waals surface area contributed by atoms with E-state index >= 15 is 0 Å². The van der Waals surface area contributed by atoms with E-state index in [-0.39, 0.29) is 0 Å². The summed E-state index contributed by atoms with van der Waals surface area (Å²) in [5, 5.41) is 5.25. The molecule has 3 heterocycles. The largest absolute Gasteiger partial charge is 0.373 e. The van der Waals surface area contributed by atoms with Crippen molar-refractivity contribution in [1.29, 1.82) is 0 Å². The number of nitrogens with zero attached hydrogens (tertiary/aromatic N) is 2. The molecule has 0 bridgehead atoms. The van der Waals surface area contributed by atoms with Crippen molar-refractivity contribution < 1.29 is 0 Å². The lowest BCUT2D eigenvalue weighted by Gasteiger charge is -2.20. The number of thiophene rings is 1. The van der Waals surface area contributed by atoms with Crippen LogP contribution in [0.4, 0.5) is 5.82 Å². The van der Waals surface area contributed by atoms with Crippen molar-refractivity contribution in [1.82, 2.24) is 15.0 Å². The standard InChI is InChI=1S/C15H16N4S/c1-16-13-6-5-11-15(18-13)19-14(17-11)10-3-2-4-12-9(10)7-8-20-12/h5-8,10H,2-4H2,1H3,(H2,16,17,18,19). The monoisotopic (exact) mass is 284 g/mol. The van der Waals surface area contributed by atoms with Crippen molar-refractivity contribution in [2.45, 2.75) is 25.2 Å². The van der Waals surface area contributed by atoms with E-state index in [1.54, 1.807) is 0 Å². The van der Waals surface area contributed by atoms with Crippen molar-refractivity contribution in [3.63, 3.8) is 0 Å². The SMILES string of the molecule is CNc1ccc2[nH]c(C3CCCc4sccc43)nc2n1. The van der Waals surface area contributed by atoms with Gasteiger partial charge in [0.05, 0.1) is 5.52 Å². The zero-order valence-electron chi connectivity index (χ0n) is 11.3. The second-order valence-corrected chi connectivity index (χ2v) is 6.18. The number of nitrogens with one attached hydrogen (secondary N) is 2. The third kappa shape index (κ3) is 1.81. The fraction of sp³-hybridized carbons (Fsp3) is 0.333. The number of anilines is 1. The number of imidazole rings is 1. The average Bonchev–Trinajstić information content (AvgIpc) is 3.12. The summed E-state index contributed by atoms with van der Waals surface area (Å²) in [5.41, 5.74) is 3.27. The molecule has 1 aliphatic rings. The van der Waals surface area contributed by atoms with Gasteiger partial charge in [0, 0.05) is 17.8 Å². The first kappa shape index (κ1) is 11.9. The fourth-order valence-corrected chi connectivity index (χ4v) is 3.97. The van der Waals surface area contributed by atoms with Crippen molar-refractivity contribution in [2.24, 2.45) is 0 Å². The predicted octanol–water partition coefficient (Wildman–Crippen LogP) is 3.53. The van der Waals surface area contributed by atoms with E-state index in [1.165, 1.54) is 29.7 Å². The summed E-state index contributed by atoms with van der Waals surface area (Å²) in [6.45, 7) is 0. The van der Waals surface area contributed by atoms with Gasteiger partial charge in [0.1, 0.15) is 11.6 Å². The summed E-state index contributed by atoms with van der Waals surface area (Å²) >= 11 is 1.87. The number of fused-ring (bicyclic) bond motifs is 2. The zero-order chi connectivity index (χ0) is 13.5. The lowest BCUT2D eigenvalue weighted by molar-refractivity contribution is 0.604. The Labute approximate surface area is 121 Å². The first-order valence-electron chi connectivity index (χ1n) is 6.96. The third-order valence-corrected chi connectivity index (χ3v) is 5.00. The van der Waals surface area contributed by atoms with E-state index in [0.29, 0.717) is 5.92 Å². The van der Waals surface area contributed by atoms with E-state index in [2.05, 4.69) is 26.7 Å². The van der Waals surface area contributed by atoms with Crippen LogP contribution in [0, 0.1) is 0 Å². The maximum Gasteiger partial charge on any atom is 0.179 e. The second-order valence-electron chi connectivity index (χ2n) is 5.18. The quantitative estimate of drug-likeness (QED) is 0.757. The van der Waals surface area contributed by atoms with E-state index in [1.807, 2.05) is 30.5 Å². The molecule has 20 heavy (non-hydrogen) atoms. The minimum Gasteiger partial charge on any atom is -0.373 e. The molecule has 5 heteroatoms. The molecular formula is C15H16N4S. The number of aryl methyl sites for hydroxylation is 1. The lowest BCUT2D eigenvalue weighted by Crippen LogP contribution is -2.09.